The van der Waals surface area contributed by atoms with Gasteiger partial charge in [0.15, 0.2) is 0 Å². The van der Waals surface area contributed by atoms with E-state index in [1.165, 1.54) is 0 Å². The number of hydrogen-bond acceptors (Lipinski definition) is 18. The molecule has 0 aliphatic carbocycles. The van der Waals surface area contributed by atoms with Gasteiger partial charge in [-0.15, -0.1) is 0 Å². The smallest absolute Gasteiger partial charge is 0.672 e. The topological polar surface area (TPSA) is 379 Å². The van der Waals surface area contributed by atoms with Crippen molar-refractivity contribution < 1.29 is 84.3 Å². The molecule has 0 aliphatic rings. The first-order valence-electron chi connectivity index (χ1n) is 3.67. The van der Waals surface area contributed by atoms with E-state index in [1.807, 2.05) is 0 Å². The van der Waals surface area contributed by atoms with Crippen LogP contribution in [0.25, 0.3) is 0 Å². The molecule has 18 nitrogen and oxygen atoms in total. The van der Waals surface area contributed by atoms with Crippen molar-refractivity contribution in [2.45, 2.75) is 0 Å². The number of hydrogen-bond donors (Lipinski definition) is 0. The summed E-state index contributed by atoms with van der Waals surface area (Å²) in [5.74, 6) is 0. The minimum atomic E-state index is -3.63. The maximum Gasteiger partial charge on any atom is 3.00 e. The molecule has 0 aliphatic heterocycles. The normalized spacial score (nSPS) is 4.97. The quantitative estimate of drug-likeness (QED) is 0.258. The van der Waals surface area contributed by atoms with E-state index >= 15 is 0 Å². The Labute approximate surface area is 203 Å². The van der Waals surface area contributed by atoms with Crippen molar-refractivity contribution in [2.24, 2.45) is 0 Å². The number of rotatable bonds is 0. The molecule has 0 heterocycles. The Morgan fingerprint density at radius 2 is 0.276 bits per heavy atom. The molecule has 0 rings (SSSR count). The fourth-order valence-corrected chi connectivity index (χ4v) is 0. The summed E-state index contributed by atoms with van der Waals surface area (Å²) >= 11 is 0. The van der Waals surface area contributed by atoms with Crippen LogP contribution in [-0.2, 0) is 26.8 Å². The molecule has 29 heavy (non-hydrogen) atoms. The third kappa shape index (κ3) is 32900. The molecular weight excluding hydrogens is 537 g/mol. The van der Waals surface area contributed by atoms with E-state index < -0.39 is 55.0 Å². The molecule has 0 aromatic rings. The molecule has 0 spiro atoms. The van der Waals surface area contributed by atoms with Crippen molar-refractivity contribution in [1.82, 2.24) is 0 Å². The van der Waals surface area contributed by atoms with E-state index in [9.17, 15) is 0 Å². The molecule has 0 fully saturated rings. The van der Waals surface area contributed by atoms with Crippen LogP contribution in [0.4, 0.5) is 0 Å². The summed E-state index contributed by atoms with van der Waals surface area (Å²) in [6, 6.07) is 0. The Morgan fingerprint density at radius 3 is 0.276 bits per heavy atom. The van der Waals surface area contributed by atoms with Gasteiger partial charge in [0.2, 0.25) is 0 Å². The molecule has 0 saturated heterocycles. The zero-order chi connectivity index (χ0) is 21.5. The Morgan fingerprint density at radius 1 is 0.276 bits per heavy atom. The van der Waals surface area contributed by atoms with Crippen molar-refractivity contribution in [3.8, 4) is 0 Å². The Balaban J connectivity index is -0.0000000144. The second-order valence-electron chi connectivity index (χ2n) is 1.50. The third-order valence-electron chi connectivity index (χ3n) is 0. The van der Waals surface area contributed by atoms with E-state index in [1.54, 1.807) is 0 Å². The van der Waals surface area contributed by atoms with Crippen LogP contribution in [-0.4, -0.2) is 120 Å². The molecule has 0 aromatic carbocycles. The monoisotopic (exact) mass is 537 g/mol. The molecule has 0 N–H and O–H groups in total. The van der Waals surface area contributed by atoms with Gasteiger partial charge in [0.25, 0.3) is 0 Å². The second kappa shape index (κ2) is 63.1. The van der Waals surface area contributed by atoms with Crippen LogP contribution in [0.2, 0.25) is 0 Å². The maximum atomic E-state index is 8.52. The van der Waals surface area contributed by atoms with E-state index in [0.29, 0.717) is 0 Å². The Kier molecular flexibility index (Phi) is 153. The van der Waals surface area contributed by atoms with Crippen LogP contribution in [0, 0.1) is 0 Å². The van der Waals surface area contributed by atoms with Gasteiger partial charge in [-0.1, -0.05) is 0 Å². The average Bonchev–Trinajstić information content (AvgIpc) is 2.08. The predicted molar refractivity (Wildman–Crippen MR) is 67.4 cm³/mol. The molecule has 0 bridgehead atoms. The van der Waals surface area contributed by atoms with Gasteiger partial charge in [0.05, 0.1) is 0 Å². The first-order chi connectivity index (χ1) is 10.4. The summed E-state index contributed by atoms with van der Waals surface area (Å²) in [6.45, 7) is 0. The van der Waals surface area contributed by atoms with Crippen molar-refractivity contribution in [3.05, 3.63) is 0 Å². The van der Waals surface area contributed by atoms with Crippen LogP contribution in [0.15, 0.2) is 0 Å². The molecule has 0 saturated carbocycles. The average molecular weight is 537 g/mol. The summed E-state index contributed by atoms with van der Waals surface area (Å²) < 4.78 is 51.1. The van der Waals surface area contributed by atoms with Gasteiger partial charge in [0, 0.05) is 55.0 Å². The van der Waals surface area contributed by atoms with Gasteiger partial charge < -0.3 is 84.3 Å². The van der Waals surface area contributed by atoms with Crippen LogP contribution in [0.1, 0.15) is 0 Å². The standard InChI is InChI=1S/2Al.3Be.6O3Si/c;;;;;6*1-4(2)3/q2*+3;3*+2;6*-2. The summed E-state index contributed by atoms with van der Waals surface area (Å²) in [5.41, 5.74) is 0. The molecule has 29 heteroatoms. The SMILES string of the molecule is O=[Si]([O-])[O-].O=[Si]([O-])[O-].O=[Si]([O-])[O-].O=[Si]([O-])[O-].O=[Si]([O-])[O-].O=[Si]([O-])[O-].[Al+3].[Al+3].[Be+2].[Be+2].[Be+2]. The van der Waals surface area contributed by atoms with Crippen LogP contribution < -0.4 is 57.5 Å². The largest absolute Gasteiger partial charge is 3.00 e. The summed E-state index contributed by atoms with van der Waals surface area (Å²) in [6.07, 6.45) is 0. The molecule has 144 valence electrons. The van der Waals surface area contributed by atoms with E-state index in [4.69, 9.17) is 84.3 Å². The van der Waals surface area contributed by atoms with Crippen LogP contribution in [0.5, 0.6) is 0 Å². The third-order valence-corrected chi connectivity index (χ3v) is 0. The Hall–Kier alpha value is -0.727. The van der Waals surface area contributed by atoms with Gasteiger partial charge in [0.1, 0.15) is 0 Å². The molecule has 0 amide bonds. The minimum absolute atomic E-state index is 0. The minimum Gasteiger partial charge on any atom is -0.672 e. The molecule has 0 radical (unpaired) electrons. The first kappa shape index (κ1) is 70.5. The Bertz CT molecular complexity index is 275. The fourth-order valence-electron chi connectivity index (χ4n) is 0. The van der Waals surface area contributed by atoms with Gasteiger partial charge in [-0.25, -0.2) is 0 Å². The van der Waals surface area contributed by atoms with Gasteiger partial charge in [-0.2, -0.15) is 0 Å². The zero-order valence-corrected chi connectivity index (χ0v) is 21.9. The molecular formula is Al2Be3O18Si6. The van der Waals surface area contributed by atoms with Crippen molar-refractivity contribution >= 4 is 120 Å². The van der Waals surface area contributed by atoms with Crippen LogP contribution >= 0.6 is 0 Å². The van der Waals surface area contributed by atoms with Crippen LogP contribution in [0.3, 0.4) is 0 Å². The fraction of sp³-hybridized carbons (Fsp3) is 0. The molecule has 0 aromatic heterocycles. The van der Waals surface area contributed by atoms with Crippen molar-refractivity contribution in [1.29, 1.82) is 0 Å². The van der Waals surface area contributed by atoms with E-state index in [-0.39, 0.29) is 65.1 Å². The summed E-state index contributed by atoms with van der Waals surface area (Å²) in [4.78, 5) is 102. The summed E-state index contributed by atoms with van der Waals surface area (Å²) in [7, 11) is -21.8. The first-order valence-corrected chi connectivity index (χ1v) is 11.0. The predicted octanol–water partition coefficient (Wildman–Crippen LogP) is -19.2. The van der Waals surface area contributed by atoms with Gasteiger partial charge >= 0.3 is 65.1 Å². The van der Waals surface area contributed by atoms with E-state index in [2.05, 4.69) is 0 Å². The zero-order valence-electron chi connectivity index (χ0n) is 13.6. The van der Waals surface area contributed by atoms with Gasteiger partial charge in [-0.05, 0) is 0 Å². The van der Waals surface area contributed by atoms with Crippen molar-refractivity contribution in [2.75, 3.05) is 0 Å². The van der Waals surface area contributed by atoms with Crippen molar-refractivity contribution in [3.63, 3.8) is 0 Å². The van der Waals surface area contributed by atoms with E-state index in [0.717, 1.165) is 0 Å². The second-order valence-corrected chi connectivity index (χ2v) is 4.50. The van der Waals surface area contributed by atoms with Gasteiger partial charge in [-0.3, -0.25) is 0 Å². The molecule has 0 atom stereocenters. The maximum absolute atomic E-state index is 8.52. The molecule has 0 unspecified atom stereocenters. The summed E-state index contributed by atoms with van der Waals surface area (Å²) in [5, 5.41) is 0.